The molecular formula is C13H15N3O. The van der Waals surface area contributed by atoms with Gasteiger partial charge in [0.25, 0.3) is 0 Å². The molecule has 1 heterocycles. The number of ether oxygens (including phenoxy) is 1. The van der Waals surface area contributed by atoms with Gasteiger partial charge in [0.05, 0.1) is 6.61 Å². The number of benzene rings is 1. The Hall–Kier alpha value is -2.10. The van der Waals surface area contributed by atoms with E-state index in [9.17, 15) is 0 Å². The Morgan fingerprint density at radius 2 is 1.88 bits per heavy atom. The van der Waals surface area contributed by atoms with E-state index < -0.39 is 0 Å². The number of anilines is 1. The summed E-state index contributed by atoms with van der Waals surface area (Å²) in [5, 5.41) is 0. The lowest BCUT2D eigenvalue weighted by molar-refractivity contribution is 0.318. The van der Waals surface area contributed by atoms with Crippen molar-refractivity contribution in [3.05, 3.63) is 36.7 Å². The number of nitrogen functional groups attached to an aromatic ring is 1. The fraction of sp³-hybridized carbons (Fsp3) is 0.231. The predicted octanol–water partition coefficient (Wildman–Crippen LogP) is 2.51. The number of rotatable bonds is 4. The lowest BCUT2D eigenvalue weighted by Gasteiger charge is -2.10. The smallest absolute Gasteiger partial charge is 0.219 e. The van der Waals surface area contributed by atoms with E-state index in [0.29, 0.717) is 6.61 Å². The van der Waals surface area contributed by atoms with E-state index in [-0.39, 0.29) is 5.95 Å². The van der Waals surface area contributed by atoms with Crippen LogP contribution in [0, 0.1) is 0 Å². The molecule has 0 saturated carbocycles. The number of aromatic nitrogens is 2. The molecule has 88 valence electrons. The first-order valence-electron chi connectivity index (χ1n) is 5.61. The molecule has 0 fully saturated rings. The third kappa shape index (κ3) is 2.72. The van der Waals surface area contributed by atoms with E-state index in [0.717, 1.165) is 23.3 Å². The van der Waals surface area contributed by atoms with Gasteiger partial charge in [-0.3, -0.25) is 0 Å². The summed E-state index contributed by atoms with van der Waals surface area (Å²) in [5.41, 5.74) is 7.36. The number of para-hydroxylation sites is 1. The Labute approximate surface area is 100 Å². The summed E-state index contributed by atoms with van der Waals surface area (Å²) in [6.45, 7) is 2.78. The highest BCUT2D eigenvalue weighted by molar-refractivity contribution is 5.69. The minimum atomic E-state index is 0.278. The molecule has 4 nitrogen and oxygen atoms in total. The van der Waals surface area contributed by atoms with Crippen LogP contribution >= 0.6 is 0 Å². The Kier molecular flexibility index (Phi) is 3.55. The third-order valence-electron chi connectivity index (χ3n) is 2.33. The number of hydrogen-bond donors (Lipinski definition) is 1. The minimum absolute atomic E-state index is 0.278. The fourth-order valence-electron chi connectivity index (χ4n) is 1.52. The number of nitrogens with zero attached hydrogens (tertiary/aromatic N) is 2. The van der Waals surface area contributed by atoms with Crippen molar-refractivity contribution in [1.29, 1.82) is 0 Å². The van der Waals surface area contributed by atoms with E-state index in [1.807, 2.05) is 24.3 Å². The van der Waals surface area contributed by atoms with Gasteiger partial charge in [-0.1, -0.05) is 25.1 Å². The molecule has 1 aromatic carbocycles. The molecule has 0 saturated heterocycles. The number of hydrogen-bond acceptors (Lipinski definition) is 4. The zero-order valence-electron chi connectivity index (χ0n) is 9.76. The molecule has 0 aliphatic heterocycles. The maximum absolute atomic E-state index is 5.68. The van der Waals surface area contributed by atoms with Gasteiger partial charge in [0.1, 0.15) is 5.75 Å². The third-order valence-corrected chi connectivity index (χ3v) is 2.33. The summed E-state index contributed by atoms with van der Waals surface area (Å²) in [6, 6.07) is 7.85. The molecule has 0 spiro atoms. The Morgan fingerprint density at radius 3 is 2.59 bits per heavy atom. The van der Waals surface area contributed by atoms with Gasteiger partial charge in [-0.15, -0.1) is 0 Å². The lowest BCUT2D eigenvalue weighted by Crippen LogP contribution is -1.98. The molecule has 2 rings (SSSR count). The highest BCUT2D eigenvalue weighted by atomic mass is 16.5. The molecule has 0 amide bonds. The van der Waals surface area contributed by atoms with Crippen molar-refractivity contribution in [3.8, 4) is 16.9 Å². The highest BCUT2D eigenvalue weighted by Gasteiger charge is 2.06. The van der Waals surface area contributed by atoms with E-state index in [1.54, 1.807) is 12.4 Å². The zero-order valence-corrected chi connectivity index (χ0v) is 9.76. The summed E-state index contributed by atoms with van der Waals surface area (Å²) in [7, 11) is 0. The second-order valence-electron chi connectivity index (χ2n) is 3.67. The Bertz CT molecular complexity index is 482. The Balaban J connectivity index is 2.33. The van der Waals surface area contributed by atoms with Gasteiger partial charge in [0.15, 0.2) is 0 Å². The molecule has 2 N–H and O–H groups in total. The summed E-state index contributed by atoms with van der Waals surface area (Å²) in [6.07, 6.45) is 4.39. The van der Waals surface area contributed by atoms with Gasteiger partial charge < -0.3 is 10.5 Å². The molecule has 1 aromatic heterocycles. The SMILES string of the molecule is CCCOc1ccccc1-c1cnc(N)nc1. The first kappa shape index (κ1) is 11.4. The van der Waals surface area contributed by atoms with Crippen LogP contribution < -0.4 is 10.5 Å². The van der Waals surface area contributed by atoms with Crippen LogP contribution in [0.1, 0.15) is 13.3 Å². The van der Waals surface area contributed by atoms with Crippen LogP contribution in [0.5, 0.6) is 5.75 Å². The van der Waals surface area contributed by atoms with E-state index in [1.165, 1.54) is 0 Å². The van der Waals surface area contributed by atoms with Crippen molar-refractivity contribution in [2.45, 2.75) is 13.3 Å². The minimum Gasteiger partial charge on any atom is -0.493 e. The van der Waals surface area contributed by atoms with Crippen molar-refractivity contribution < 1.29 is 4.74 Å². The molecule has 0 bridgehead atoms. The topological polar surface area (TPSA) is 61.0 Å². The molecule has 2 aromatic rings. The van der Waals surface area contributed by atoms with Crippen LogP contribution in [0.15, 0.2) is 36.7 Å². The van der Waals surface area contributed by atoms with Gasteiger partial charge in [-0.2, -0.15) is 0 Å². The second kappa shape index (κ2) is 5.30. The quantitative estimate of drug-likeness (QED) is 0.875. The van der Waals surface area contributed by atoms with Crippen LogP contribution in [0.2, 0.25) is 0 Å². The fourth-order valence-corrected chi connectivity index (χ4v) is 1.52. The van der Waals surface area contributed by atoms with Crippen LogP contribution in [0.4, 0.5) is 5.95 Å². The van der Waals surface area contributed by atoms with Gasteiger partial charge in [-0.25, -0.2) is 9.97 Å². The van der Waals surface area contributed by atoms with Crippen LogP contribution in [0.25, 0.3) is 11.1 Å². The van der Waals surface area contributed by atoms with Crippen molar-refractivity contribution in [3.63, 3.8) is 0 Å². The molecule has 0 atom stereocenters. The first-order chi connectivity index (χ1) is 8.31. The van der Waals surface area contributed by atoms with Crippen molar-refractivity contribution in [1.82, 2.24) is 9.97 Å². The normalized spacial score (nSPS) is 10.2. The molecule has 0 aliphatic rings. The largest absolute Gasteiger partial charge is 0.493 e. The maximum Gasteiger partial charge on any atom is 0.219 e. The lowest BCUT2D eigenvalue weighted by atomic mass is 10.1. The van der Waals surface area contributed by atoms with E-state index >= 15 is 0 Å². The van der Waals surface area contributed by atoms with Crippen molar-refractivity contribution >= 4 is 5.95 Å². The van der Waals surface area contributed by atoms with Crippen molar-refractivity contribution in [2.24, 2.45) is 0 Å². The second-order valence-corrected chi connectivity index (χ2v) is 3.67. The highest BCUT2D eigenvalue weighted by Crippen LogP contribution is 2.28. The monoisotopic (exact) mass is 229 g/mol. The summed E-state index contributed by atoms with van der Waals surface area (Å²) >= 11 is 0. The van der Waals surface area contributed by atoms with Crippen molar-refractivity contribution in [2.75, 3.05) is 12.3 Å². The first-order valence-corrected chi connectivity index (χ1v) is 5.61. The maximum atomic E-state index is 5.68. The molecule has 17 heavy (non-hydrogen) atoms. The van der Waals surface area contributed by atoms with Crippen LogP contribution in [0.3, 0.4) is 0 Å². The standard InChI is InChI=1S/C13H15N3O/c1-2-7-17-12-6-4-3-5-11(12)10-8-15-13(14)16-9-10/h3-6,8-9H,2,7H2,1H3,(H2,14,15,16). The summed E-state index contributed by atoms with van der Waals surface area (Å²) in [4.78, 5) is 7.98. The van der Waals surface area contributed by atoms with E-state index in [4.69, 9.17) is 10.5 Å². The van der Waals surface area contributed by atoms with E-state index in [2.05, 4.69) is 16.9 Å². The predicted molar refractivity (Wildman–Crippen MR) is 67.7 cm³/mol. The van der Waals surface area contributed by atoms with Gasteiger partial charge in [-0.05, 0) is 12.5 Å². The molecule has 0 radical (unpaired) electrons. The van der Waals surface area contributed by atoms with Gasteiger partial charge in [0, 0.05) is 23.5 Å². The van der Waals surface area contributed by atoms with Crippen LogP contribution in [-0.2, 0) is 0 Å². The zero-order chi connectivity index (χ0) is 12.1. The molecule has 0 aliphatic carbocycles. The van der Waals surface area contributed by atoms with Gasteiger partial charge in [0.2, 0.25) is 5.95 Å². The summed E-state index contributed by atoms with van der Waals surface area (Å²) < 4.78 is 5.68. The average molecular weight is 229 g/mol. The summed E-state index contributed by atoms with van der Waals surface area (Å²) in [5.74, 6) is 1.13. The molecule has 4 heteroatoms. The number of nitrogens with two attached hydrogens (primary N) is 1. The Morgan fingerprint density at radius 1 is 1.18 bits per heavy atom. The average Bonchev–Trinajstić information content (AvgIpc) is 2.38. The molecular weight excluding hydrogens is 214 g/mol. The van der Waals surface area contributed by atoms with Gasteiger partial charge >= 0.3 is 0 Å². The van der Waals surface area contributed by atoms with Crippen LogP contribution in [-0.4, -0.2) is 16.6 Å². The molecule has 0 unspecified atom stereocenters.